The van der Waals surface area contributed by atoms with Crippen molar-refractivity contribution in [1.82, 2.24) is 9.97 Å². The Kier molecular flexibility index (Phi) is 2.39. The van der Waals surface area contributed by atoms with E-state index in [1.807, 2.05) is 6.92 Å². The van der Waals surface area contributed by atoms with Gasteiger partial charge in [-0.3, -0.25) is 4.98 Å². The molecule has 0 unspecified atom stereocenters. The largest absolute Gasteiger partial charge is 0.383 e. The lowest BCUT2D eigenvalue weighted by molar-refractivity contribution is 1.29. The standard InChI is InChI=1S/C9H8ClN3S/c1-5-8(11)13-9(14-5)7-6(10)3-2-4-12-7/h2-4H,11H2,1H3. The average molecular weight is 226 g/mol. The fourth-order valence-electron chi connectivity index (χ4n) is 1.05. The normalized spacial score (nSPS) is 10.4. The van der Waals surface area contributed by atoms with Crippen LogP contribution in [0, 0.1) is 6.92 Å². The van der Waals surface area contributed by atoms with E-state index in [9.17, 15) is 0 Å². The van der Waals surface area contributed by atoms with Gasteiger partial charge in [-0.2, -0.15) is 0 Å². The summed E-state index contributed by atoms with van der Waals surface area (Å²) in [6.07, 6.45) is 1.69. The van der Waals surface area contributed by atoms with Gasteiger partial charge in [0.1, 0.15) is 16.5 Å². The van der Waals surface area contributed by atoms with Crippen molar-refractivity contribution in [1.29, 1.82) is 0 Å². The molecule has 0 fully saturated rings. The third kappa shape index (κ3) is 1.58. The van der Waals surface area contributed by atoms with Gasteiger partial charge in [0.05, 0.1) is 5.02 Å². The van der Waals surface area contributed by atoms with Gasteiger partial charge < -0.3 is 5.73 Å². The van der Waals surface area contributed by atoms with Crippen LogP contribution in [0.5, 0.6) is 0 Å². The highest BCUT2D eigenvalue weighted by atomic mass is 35.5. The Bertz CT molecular complexity index is 447. The van der Waals surface area contributed by atoms with E-state index in [4.69, 9.17) is 17.3 Å². The minimum absolute atomic E-state index is 0.548. The number of thiazole rings is 1. The van der Waals surface area contributed by atoms with Crippen LogP contribution in [0.15, 0.2) is 18.3 Å². The topological polar surface area (TPSA) is 51.8 Å². The molecule has 0 aliphatic carbocycles. The Morgan fingerprint density at radius 1 is 1.50 bits per heavy atom. The zero-order valence-electron chi connectivity index (χ0n) is 7.49. The molecule has 0 aliphatic heterocycles. The van der Waals surface area contributed by atoms with E-state index in [1.165, 1.54) is 11.3 Å². The Labute approximate surface area is 90.6 Å². The molecule has 0 saturated carbocycles. The van der Waals surface area contributed by atoms with Gasteiger partial charge in [-0.25, -0.2) is 4.98 Å². The van der Waals surface area contributed by atoms with Crippen molar-refractivity contribution in [2.45, 2.75) is 6.92 Å². The number of hydrogen-bond acceptors (Lipinski definition) is 4. The Hall–Kier alpha value is -1.13. The molecule has 0 bridgehead atoms. The summed E-state index contributed by atoms with van der Waals surface area (Å²) in [7, 11) is 0. The molecule has 5 heteroatoms. The summed E-state index contributed by atoms with van der Waals surface area (Å²) >= 11 is 7.48. The van der Waals surface area contributed by atoms with Crippen LogP contribution in [0.4, 0.5) is 5.82 Å². The number of nitrogens with zero attached hydrogens (tertiary/aromatic N) is 2. The molecule has 2 rings (SSSR count). The van der Waals surface area contributed by atoms with Crippen LogP contribution in [-0.2, 0) is 0 Å². The summed E-state index contributed by atoms with van der Waals surface area (Å²) in [6.45, 7) is 1.92. The average Bonchev–Trinajstić information content (AvgIpc) is 2.48. The van der Waals surface area contributed by atoms with Gasteiger partial charge >= 0.3 is 0 Å². The van der Waals surface area contributed by atoms with Crippen molar-refractivity contribution in [3.63, 3.8) is 0 Å². The van der Waals surface area contributed by atoms with E-state index in [1.54, 1.807) is 18.3 Å². The fourth-order valence-corrected chi connectivity index (χ4v) is 2.16. The van der Waals surface area contributed by atoms with Crippen molar-refractivity contribution in [2.24, 2.45) is 0 Å². The number of halogens is 1. The molecule has 2 heterocycles. The zero-order chi connectivity index (χ0) is 10.1. The Balaban J connectivity index is 2.55. The van der Waals surface area contributed by atoms with E-state index in [-0.39, 0.29) is 0 Å². The van der Waals surface area contributed by atoms with E-state index in [0.29, 0.717) is 16.5 Å². The third-order valence-electron chi connectivity index (χ3n) is 1.79. The number of aryl methyl sites for hydroxylation is 1. The molecule has 2 aromatic rings. The van der Waals surface area contributed by atoms with Crippen molar-refractivity contribution in [2.75, 3.05) is 5.73 Å². The molecule has 3 nitrogen and oxygen atoms in total. The number of nitrogen functional groups attached to an aromatic ring is 1. The smallest absolute Gasteiger partial charge is 0.146 e. The highest BCUT2D eigenvalue weighted by Gasteiger charge is 2.10. The second-order valence-electron chi connectivity index (χ2n) is 2.79. The maximum absolute atomic E-state index is 5.98. The maximum Gasteiger partial charge on any atom is 0.146 e. The minimum atomic E-state index is 0.548. The number of hydrogen-bond donors (Lipinski definition) is 1. The van der Waals surface area contributed by atoms with Gasteiger partial charge in [0.15, 0.2) is 0 Å². The SMILES string of the molecule is Cc1sc(-c2ncccc2Cl)nc1N. The van der Waals surface area contributed by atoms with Crippen LogP contribution >= 0.6 is 22.9 Å². The number of aromatic nitrogens is 2. The number of rotatable bonds is 1. The highest BCUT2D eigenvalue weighted by molar-refractivity contribution is 7.15. The van der Waals surface area contributed by atoms with Gasteiger partial charge in [-0.05, 0) is 19.1 Å². The molecule has 2 aromatic heterocycles. The first kappa shape index (κ1) is 9.43. The Morgan fingerprint density at radius 3 is 2.86 bits per heavy atom. The first-order valence-electron chi connectivity index (χ1n) is 4.02. The first-order valence-corrected chi connectivity index (χ1v) is 5.21. The van der Waals surface area contributed by atoms with E-state index >= 15 is 0 Å². The molecule has 0 saturated heterocycles. The summed E-state index contributed by atoms with van der Waals surface area (Å²) in [5, 5.41) is 1.37. The highest BCUT2D eigenvalue weighted by Crippen LogP contribution is 2.31. The summed E-state index contributed by atoms with van der Waals surface area (Å²) in [5.74, 6) is 0.548. The summed E-state index contributed by atoms with van der Waals surface area (Å²) in [6, 6.07) is 3.58. The second kappa shape index (κ2) is 3.55. The lowest BCUT2D eigenvalue weighted by atomic mass is 10.3. The minimum Gasteiger partial charge on any atom is -0.383 e. The molecule has 14 heavy (non-hydrogen) atoms. The van der Waals surface area contributed by atoms with Crippen molar-refractivity contribution < 1.29 is 0 Å². The molecule has 0 aliphatic rings. The predicted molar refractivity (Wildman–Crippen MR) is 59.5 cm³/mol. The summed E-state index contributed by atoms with van der Waals surface area (Å²) in [5.41, 5.74) is 6.35. The van der Waals surface area contributed by atoms with Crippen LogP contribution in [0.3, 0.4) is 0 Å². The lowest BCUT2D eigenvalue weighted by Gasteiger charge is -1.96. The molecule has 0 amide bonds. The van der Waals surface area contributed by atoms with Crippen molar-refractivity contribution in [3.8, 4) is 10.7 Å². The molecule has 0 spiro atoms. The molecule has 0 atom stereocenters. The van der Waals surface area contributed by atoms with E-state index in [0.717, 1.165) is 9.88 Å². The van der Waals surface area contributed by atoms with Gasteiger partial charge in [-0.1, -0.05) is 11.6 Å². The number of nitrogens with two attached hydrogens (primary N) is 1. The van der Waals surface area contributed by atoms with E-state index in [2.05, 4.69) is 9.97 Å². The molecular weight excluding hydrogens is 218 g/mol. The van der Waals surface area contributed by atoms with Crippen LogP contribution in [0.25, 0.3) is 10.7 Å². The number of anilines is 1. The molecular formula is C9H8ClN3S. The van der Waals surface area contributed by atoms with E-state index < -0.39 is 0 Å². The quantitative estimate of drug-likeness (QED) is 0.812. The Morgan fingerprint density at radius 2 is 2.29 bits per heavy atom. The molecule has 2 N–H and O–H groups in total. The van der Waals surface area contributed by atoms with Crippen molar-refractivity contribution in [3.05, 3.63) is 28.2 Å². The van der Waals surface area contributed by atoms with Gasteiger partial charge in [0.25, 0.3) is 0 Å². The van der Waals surface area contributed by atoms with Gasteiger partial charge in [0.2, 0.25) is 0 Å². The maximum atomic E-state index is 5.98. The van der Waals surface area contributed by atoms with Crippen LogP contribution in [-0.4, -0.2) is 9.97 Å². The predicted octanol–water partition coefficient (Wildman–Crippen LogP) is 2.75. The third-order valence-corrected chi connectivity index (χ3v) is 3.09. The number of pyridine rings is 1. The van der Waals surface area contributed by atoms with Gasteiger partial charge in [-0.15, -0.1) is 11.3 Å². The van der Waals surface area contributed by atoms with Crippen molar-refractivity contribution >= 4 is 28.8 Å². The zero-order valence-corrected chi connectivity index (χ0v) is 9.06. The van der Waals surface area contributed by atoms with Crippen LogP contribution in [0.1, 0.15) is 4.88 Å². The summed E-state index contributed by atoms with van der Waals surface area (Å²) in [4.78, 5) is 9.34. The molecule has 0 radical (unpaired) electrons. The van der Waals surface area contributed by atoms with Crippen LogP contribution < -0.4 is 5.73 Å². The fraction of sp³-hybridized carbons (Fsp3) is 0.111. The molecule has 0 aromatic carbocycles. The van der Waals surface area contributed by atoms with Crippen LogP contribution in [0.2, 0.25) is 5.02 Å². The second-order valence-corrected chi connectivity index (χ2v) is 4.40. The molecule has 72 valence electrons. The first-order chi connectivity index (χ1) is 6.68. The van der Waals surface area contributed by atoms with Gasteiger partial charge in [0, 0.05) is 11.1 Å². The monoisotopic (exact) mass is 225 g/mol. The lowest BCUT2D eigenvalue weighted by Crippen LogP contribution is -1.87. The summed E-state index contributed by atoms with van der Waals surface area (Å²) < 4.78 is 0.